The van der Waals surface area contributed by atoms with E-state index in [1.807, 2.05) is 75.4 Å². The van der Waals surface area contributed by atoms with Crippen LogP contribution in [-0.4, -0.2) is 38.4 Å². The number of aliphatic imine (C=N–C) groups is 1. The van der Waals surface area contributed by atoms with E-state index < -0.39 is 11.7 Å². The molecule has 162 valence electrons. The summed E-state index contributed by atoms with van der Waals surface area (Å²) in [6.45, 7) is 6.56. The molecule has 1 amide bonds. The highest BCUT2D eigenvalue weighted by Gasteiger charge is 2.20. The molecule has 7 nitrogen and oxygen atoms in total. The lowest BCUT2D eigenvalue weighted by molar-refractivity contribution is 0.0504. The van der Waals surface area contributed by atoms with E-state index in [-0.39, 0.29) is 6.04 Å². The maximum atomic E-state index is 12.3. The second kappa shape index (κ2) is 11.1. The van der Waals surface area contributed by atoms with Gasteiger partial charge in [-0.05, 0) is 44.0 Å². The molecule has 7 heteroatoms. The number of benzene rings is 2. The number of guanidine groups is 1. The lowest BCUT2D eigenvalue weighted by Gasteiger charge is -2.25. The van der Waals surface area contributed by atoms with Gasteiger partial charge in [-0.25, -0.2) is 4.79 Å². The highest BCUT2D eigenvalue weighted by atomic mass is 16.6. The number of ether oxygens (including phenoxy) is 2. The van der Waals surface area contributed by atoms with Gasteiger partial charge < -0.3 is 25.4 Å². The summed E-state index contributed by atoms with van der Waals surface area (Å²) in [6, 6.07) is 17.3. The zero-order valence-electron chi connectivity index (χ0n) is 18.4. The van der Waals surface area contributed by atoms with Crippen LogP contribution in [0.1, 0.15) is 37.9 Å². The number of amides is 1. The van der Waals surface area contributed by atoms with Crippen molar-refractivity contribution >= 4 is 12.1 Å². The second-order valence-corrected chi connectivity index (χ2v) is 7.77. The van der Waals surface area contributed by atoms with Crippen LogP contribution in [0.25, 0.3) is 0 Å². The molecule has 0 aromatic heterocycles. The molecule has 0 aliphatic carbocycles. The van der Waals surface area contributed by atoms with Crippen molar-refractivity contribution in [1.29, 1.82) is 0 Å². The molecule has 2 aromatic carbocycles. The summed E-state index contributed by atoms with van der Waals surface area (Å²) in [5, 5.41) is 9.48. The molecule has 3 N–H and O–H groups in total. The first kappa shape index (κ1) is 23.1. The van der Waals surface area contributed by atoms with E-state index in [1.54, 1.807) is 14.2 Å². The molecule has 0 fully saturated rings. The van der Waals surface area contributed by atoms with Crippen molar-refractivity contribution in [3.8, 4) is 5.75 Å². The number of nitrogens with one attached hydrogen (secondary N) is 3. The minimum absolute atomic E-state index is 0.281. The minimum Gasteiger partial charge on any atom is -0.497 e. The summed E-state index contributed by atoms with van der Waals surface area (Å²) in [6.07, 6.45) is -0.461. The smallest absolute Gasteiger partial charge is 0.408 e. The van der Waals surface area contributed by atoms with Gasteiger partial charge in [-0.3, -0.25) is 4.99 Å². The molecule has 0 heterocycles. The van der Waals surface area contributed by atoms with Crippen molar-refractivity contribution < 1.29 is 14.3 Å². The third kappa shape index (κ3) is 8.03. The number of methoxy groups -OCH3 is 1. The van der Waals surface area contributed by atoms with Crippen LogP contribution in [0.4, 0.5) is 4.79 Å². The molecule has 1 atom stereocenters. The molecule has 1 unspecified atom stereocenters. The molecule has 2 rings (SSSR count). The summed E-state index contributed by atoms with van der Waals surface area (Å²) in [5.74, 6) is 1.44. The number of hydrogen-bond acceptors (Lipinski definition) is 4. The first-order valence-corrected chi connectivity index (χ1v) is 9.92. The Kier molecular flexibility index (Phi) is 8.53. The number of rotatable bonds is 7. The molecule has 2 aromatic rings. The van der Waals surface area contributed by atoms with Gasteiger partial charge in [0.2, 0.25) is 0 Å². The van der Waals surface area contributed by atoms with Crippen molar-refractivity contribution in [2.45, 2.75) is 39.0 Å². The summed E-state index contributed by atoms with van der Waals surface area (Å²) in [7, 11) is 3.36. The normalized spacial score (nSPS) is 12.6. The Morgan fingerprint density at radius 1 is 1.07 bits per heavy atom. The maximum absolute atomic E-state index is 12.3. The molecule has 0 bridgehead atoms. The lowest BCUT2D eigenvalue weighted by atomic mass is 10.1. The average molecular weight is 413 g/mol. The fourth-order valence-electron chi connectivity index (χ4n) is 2.77. The van der Waals surface area contributed by atoms with Crippen molar-refractivity contribution in [3.63, 3.8) is 0 Å². The maximum Gasteiger partial charge on any atom is 0.408 e. The van der Waals surface area contributed by atoms with E-state index >= 15 is 0 Å². The third-order valence-corrected chi connectivity index (χ3v) is 4.18. The van der Waals surface area contributed by atoms with Gasteiger partial charge in [0, 0.05) is 20.1 Å². The van der Waals surface area contributed by atoms with Gasteiger partial charge in [0.05, 0.1) is 13.2 Å². The highest BCUT2D eigenvalue weighted by molar-refractivity contribution is 5.79. The molecule has 0 radical (unpaired) electrons. The van der Waals surface area contributed by atoms with E-state index in [9.17, 15) is 4.79 Å². The number of nitrogens with zero attached hydrogens (tertiary/aromatic N) is 1. The average Bonchev–Trinajstić information content (AvgIpc) is 2.72. The monoisotopic (exact) mass is 412 g/mol. The van der Waals surface area contributed by atoms with Gasteiger partial charge in [-0.2, -0.15) is 0 Å². The van der Waals surface area contributed by atoms with E-state index in [0.29, 0.717) is 19.0 Å². The van der Waals surface area contributed by atoms with Gasteiger partial charge in [-0.15, -0.1) is 0 Å². The Morgan fingerprint density at radius 3 is 2.43 bits per heavy atom. The first-order chi connectivity index (χ1) is 14.3. The van der Waals surface area contributed by atoms with Gasteiger partial charge in [0.15, 0.2) is 5.96 Å². The zero-order chi connectivity index (χ0) is 22.0. The Hall–Kier alpha value is -3.22. The summed E-state index contributed by atoms with van der Waals surface area (Å²) in [5.41, 5.74) is 1.48. The Bertz CT molecular complexity index is 832. The van der Waals surface area contributed by atoms with Gasteiger partial charge >= 0.3 is 6.09 Å². The van der Waals surface area contributed by atoms with Crippen LogP contribution >= 0.6 is 0 Å². The van der Waals surface area contributed by atoms with Crippen LogP contribution in [0.2, 0.25) is 0 Å². The highest BCUT2D eigenvalue weighted by Crippen LogP contribution is 2.14. The van der Waals surface area contributed by atoms with E-state index in [2.05, 4.69) is 20.9 Å². The fraction of sp³-hybridized carbons (Fsp3) is 0.391. The van der Waals surface area contributed by atoms with Crippen LogP contribution in [0, 0.1) is 0 Å². The van der Waals surface area contributed by atoms with Crippen LogP contribution in [0.15, 0.2) is 59.6 Å². The van der Waals surface area contributed by atoms with Crippen molar-refractivity contribution in [2.75, 3.05) is 20.7 Å². The molecule has 0 aliphatic heterocycles. The van der Waals surface area contributed by atoms with E-state index in [0.717, 1.165) is 16.9 Å². The SMILES string of the molecule is CN=C(NCc1cccc(OC)c1)NCC(NC(=O)OC(C)(C)C)c1ccccc1. The summed E-state index contributed by atoms with van der Waals surface area (Å²) in [4.78, 5) is 16.6. The van der Waals surface area contributed by atoms with Crippen LogP contribution < -0.4 is 20.7 Å². The molecular weight excluding hydrogens is 380 g/mol. The number of carbonyl (C=O) groups excluding carboxylic acids is 1. The largest absolute Gasteiger partial charge is 0.497 e. The lowest BCUT2D eigenvalue weighted by Crippen LogP contribution is -2.44. The number of hydrogen-bond donors (Lipinski definition) is 3. The first-order valence-electron chi connectivity index (χ1n) is 9.92. The second-order valence-electron chi connectivity index (χ2n) is 7.77. The number of alkyl carbamates (subject to hydrolysis) is 1. The standard InChI is InChI=1S/C23H32N4O3/c1-23(2,3)30-22(28)27-20(18-11-7-6-8-12-18)16-26-21(24-4)25-15-17-10-9-13-19(14-17)29-5/h6-14,20H,15-16H2,1-5H3,(H,27,28)(H2,24,25,26). The Labute approximate surface area is 178 Å². The molecular formula is C23H32N4O3. The molecule has 30 heavy (non-hydrogen) atoms. The molecule has 0 saturated heterocycles. The molecule has 0 spiro atoms. The van der Waals surface area contributed by atoms with Crippen LogP contribution in [-0.2, 0) is 11.3 Å². The van der Waals surface area contributed by atoms with Crippen molar-refractivity contribution in [2.24, 2.45) is 4.99 Å². The molecule has 0 aliphatic rings. The molecule has 0 saturated carbocycles. The van der Waals surface area contributed by atoms with Crippen molar-refractivity contribution in [1.82, 2.24) is 16.0 Å². The minimum atomic E-state index is -0.562. The van der Waals surface area contributed by atoms with Crippen molar-refractivity contribution in [3.05, 3.63) is 65.7 Å². The van der Waals surface area contributed by atoms with Gasteiger partial charge in [-0.1, -0.05) is 42.5 Å². The van der Waals surface area contributed by atoms with Crippen LogP contribution in [0.3, 0.4) is 0 Å². The van der Waals surface area contributed by atoms with Gasteiger partial charge in [0.25, 0.3) is 0 Å². The zero-order valence-corrected chi connectivity index (χ0v) is 18.4. The van der Waals surface area contributed by atoms with Crippen LogP contribution in [0.5, 0.6) is 5.75 Å². The van der Waals surface area contributed by atoms with E-state index in [4.69, 9.17) is 9.47 Å². The predicted octanol–water partition coefficient (Wildman–Crippen LogP) is 3.63. The van der Waals surface area contributed by atoms with Gasteiger partial charge in [0.1, 0.15) is 11.4 Å². The Morgan fingerprint density at radius 2 is 1.80 bits per heavy atom. The Balaban J connectivity index is 1.99. The topological polar surface area (TPSA) is 84.0 Å². The van der Waals surface area contributed by atoms with E-state index in [1.165, 1.54) is 0 Å². The summed E-state index contributed by atoms with van der Waals surface area (Å²) >= 11 is 0. The third-order valence-electron chi connectivity index (χ3n) is 4.18. The fourth-order valence-corrected chi connectivity index (χ4v) is 2.77. The predicted molar refractivity (Wildman–Crippen MR) is 120 cm³/mol. The quantitative estimate of drug-likeness (QED) is 0.478. The number of carbonyl (C=O) groups is 1. The summed E-state index contributed by atoms with van der Waals surface area (Å²) < 4.78 is 10.7.